The van der Waals surface area contributed by atoms with Crippen molar-refractivity contribution in [3.05, 3.63) is 96.6 Å². The normalized spacial score (nSPS) is 12.1. The van der Waals surface area contributed by atoms with E-state index in [2.05, 4.69) is 112 Å². The van der Waals surface area contributed by atoms with Crippen LogP contribution in [0.4, 0.5) is 0 Å². The van der Waals surface area contributed by atoms with E-state index in [1.54, 1.807) is 0 Å². The molecule has 0 nitrogen and oxygen atoms in total. The van der Waals surface area contributed by atoms with Crippen molar-refractivity contribution >= 4 is 32.3 Å². The molecule has 5 rings (SSSR count). The third-order valence-electron chi connectivity index (χ3n) is 5.83. The fourth-order valence-electron chi connectivity index (χ4n) is 4.25. The monoisotopic (exact) mass is 360 g/mol. The van der Waals surface area contributed by atoms with E-state index in [1.165, 1.54) is 49.0 Å². The maximum absolute atomic E-state index is 2.38. The van der Waals surface area contributed by atoms with Gasteiger partial charge in [0.15, 0.2) is 0 Å². The van der Waals surface area contributed by atoms with Crippen LogP contribution < -0.4 is 0 Å². The highest BCUT2D eigenvalue weighted by Crippen LogP contribution is 2.38. The Balaban J connectivity index is 1.85. The van der Waals surface area contributed by atoms with Gasteiger partial charge in [-0.3, -0.25) is 0 Å². The molecule has 0 saturated heterocycles. The van der Waals surface area contributed by atoms with Gasteiger partial charge < -0.3 is 0 Å². The molecule has 0 fully saturated rings. The molecule has 0 aromatic heterocycles. The average molecular weight is 361 g/mol. The molecule has 0 radical (unpaired) electrons. The van der Waals surface area contributed by atoms with E-state index >= 15 is 0 Å². The van der Waals surface area contributed by atoms with Crippen molar-refractivity contribution < 1.29 is 0 Å². The van der Waals surface area contributed by atoms with Gasteiger partial charge in [-0.15, -0.1) is 0 Å². The van der Waals surface area contributed by atoms with Crippen LogP contribution in [-0.2, 0) is 5.41 Å². The predicted octanol–water partition coefficient (Wildman–Crippen LogP) is 8.11. The number of hydrogen-bond acceptors (Lipinski definition) is 0. The minimum absolute atomic E-state index is 0.167. The second kappa shape index (κ2) is 6.21. The topological polar surface area (TPSA) is 0 Å². The molecule has 5 aromatic carbocycles. The van der Waals surface area contributed by atoms with Crippen LogP contribution in [0.3, 0.4) is 0 Å². The van der Waals surface area contributed by atoms with Gasteiger partial charge in [0, 0.05) is 0 Å². The van der Waals surface area contributed by atoms with E-state index in [4.69, 9.17) is 0 Å². The van der Waals surface area contributed by atoms with Crippen molar-refractivity contribution in [1.29, 1.82) is 0 Å². The zero-order chi connectivity index (χ0) is 19.3. The molecule has 0 heteroatoms. The lowest BCUT2D eigenvalue weighted by Crippen LogP contribution is -2.10. The summed E-state index contributed by atoms with van der Waals surface area (Å²) in [6.45, 7) is 6.79. The fraction of sp³-hybridized carbons (Fsp3) is 0.143. The number of rotatable bonds is 1. The molecule has 0 aliphatic rings. The second-order valence-corrected chi connectivity index (χ2v) is 8.68. The van der Waals surface area contributed by atoms with E-state index in [9.17, 15) is 0 Å². The molecule has 0 aliphatic heterocycles. The lowest BCUT2D eigenvalue weighted by atomic mass is 9.85. The minimum Gasteiger partial charge on any atom is -0.0616 e. The first-order valence-electron chi connectivity index (χ1n) is 9.96. The maximum Gasteiger partial charge on any atom is -0.00928 e. The molecule has 0 amide bonds. The zero-order valence-electron chi connectivity index (χ0n) is 16.7. The quantitative estimate of drug-likeness (QED) is 0.265. The number of hydrogen-bond donors (Lipinski definition) is 0. The summed E-state index contributed by atoms with van der Waals surface area (Å²) in [5.41, 5.74) is 4.12. The molecule has 0 bridgehead atoms. The van der Waals surface area contributed by atoms with Gasteiger partial charge in [0.1, 0.15) is 0 Å². The van der Waals surface area contributed by atoms with E-state index in [0.717, 1.165) is 0 Å². The van der Waals surface area contributed by atoms with Gasteiger partial charge in [-0.1, -0.05) is 106 Å². The second-order valence-electron chi connectivity index (χ2n) is 8.68. The Labute approximate surface area is 166 Å². The zero-order valence-corrected chi connectivity index (χ0v) is 16.7. The van der Waals surface area contributed by atoms with Crippen molar-refractivity contribution in [2.45, 2.75) is 26.2 Å². The number of fused-ring (bicyclic) bond motifs is 5. The van der Waals surface area contributed by atoms with Gasteiger partial charge in [0.25, 0.3) is 0 Å². The van der Waals surface area contributed by atoms with Crippen LogP contribution in [-0.4, -0.2) is 0 Å². The molecule has 5 aromatic rings. The summed E-state index contributed by atoms with van der Waals surface area (Å²) < 4.78 is 0. The summed E-state index contributed by atoms with van der Waals surface area (Å²) in [7, 11) is 0. The van der Waals surface area contributed by atoms with Gasteiger partial charge in [-0.25, -0.2) is 0 Å². The molecule has 0 N–H and O–H groups in total. The first-order chi connectivity index (χ1) is 13.5. The molecule has 136 valence electrons. The van der Waals surface area contributed by atoms with Gasteiger partial charge in [-0.05, 0) is 60.5 Å². The molecule has 0 aliphatic carbocycles. The summed E-state index contributed by atoms with van der Waals surface area (Å²) in [4.78, 5) is 0. The van der Waals surface area contributed by atoms with Gasteiger partial charge in [-0.2, -0.15) is 0 Å². The summed E-state index contributed by atoms with van der Waals surface area (Å²) in [5.74, 6) is 0. The highest BCUT2D eigenvalue weighted by Gasteiger charge is 2.14. The lowest BCUT2D eigenvalue weighted by molar-refractivity contribution is 0.590. The van der Waals surface area contributed by atoms with Crippen molar-refractivity contribution in [2.75, 3.05) is 0 Å². The van der Waals surface area contributed by atoms with Crippen LogP contribution in [0.5, 0.6) is 0 Å². The minimum atomic E-state index is 0.167. The van der Waals surface area contributed by atoms with Crippen LogP contribution >= 0.6 is 0 Å². The number of benzene rings is 5. The Hall–Kier alpha value is -3.12. The largest absolute Gasteiger partial charge is 0.0616 e. The Bertz CT molecular complexity index is 1320. The van der Waals surface area contributed by atoms with Crippen molar-refractivity contribution in [3.8, 4) is 11.1 Å². The molecule has 28 heavy (non-hydrogen) atoms. The molecule has 0 spiro atoms. The Morgan fingerprint density at radius 1 is 0.500 bits per heavy atom. The van der Waals surface area contributed by atoms with Crippen molar-refractivity contribution in [2.24, 2.45) is 0 Å². The Kier molecular flexibility index (Phi) is 3.77. The molecule has 0 atom stereocenters. The smallest absolute Gasteiger partial charge is 0.00928 e. The summed E-state index contributed by atoms with van der Waals surface area (Å²) >= 11 is 0. The SMILES string of the molecule is CC(C)(C)c1ccc(-c2cc3c4ccccc4ccc3c3ccccc23)cc1. The maximum atomic E-state index is 2.38. The van der Waals surface area contributed by atoms with E-state index in [0.29, 0.717) is 0 Å². The van der Waals surface area contributed by atoms with Crippen LogP contribution in [0.15, 0.2) is 91.0 Å². The first-order valence-corrected chi connectivity index (χ1v) is 9.96. The van der Waals surface area contributed by atoms with Gasteiger partial charge in [0.2, 0.25) is 0 Å². The predicted molar refractivity (Wildman–Crippen MR) is 123 cm³/mol. The van der Waals surface area contributed by atoms with Crippen molar-refractivity contribution in [1.82, 2.24) is 0 Å². The molecular weight excluding hydrogens is 336 g/mol. The van der Waals surface area contributed by atoms with Crippen LogP contribution in [0.25, 0.3) is 43.4 Å². The van der Waals surface area contributed by atoms with Crippen molar-refractivity contribution in [3.63, 3.8) is 0 Å². The highest BCUT2D eigenvalue weighted by atomic mass is 14.2. The van der Waals surface area contributed by atoms with E-state index < -0.39 is 0 Å². The van der Waals surface area contributed by atoms with Gasteiger partial charge >= 0.3 is 0 Å². The fourth-order valence-corrected chi connectivity index (χ4v) is 4.25. The highest BCUT2D eigenvalue weighted by molar-refractivity contribution is 6.20. The molecule has 0 unspecified atom stereocenters. The Morgan fingerprint density at radius 2 is 1.11 bits per heavy atom. The third kappa shape index (κ3) is 2.68. The molecule has 0 heterocycles. The van der Waals surface area contributed by atoms with Crippen LogP contribution in [0.2, 0.25) is 0 Å². The molecular formula is C28H24. The summed E-state index contributed by atoms with van der Waals surface area (Å²) in [6.07, 6.45) is 0. The van der Waals surface area contributed by atoms with Crippen LogP contribution in [0.1, 0.15) is 26.3 Å². The summed E-state index contributed by atoms with van der Waals surface area (Å²) in [6, 6.07) is 33.5. The standard InChI is InChI=1S/C28H24/c1-28(2,3)21-15-12-20(13-16-21)26-18-27-22-9-5-4-8-19(22)14-17-25(27)23-10-6-7-11-24(23)26/h4-18H,1-3H3. The lowest BCUT2D eigenvalue weighted by Gasteiger charge is -2.19. The van der Waals surface area contributed by atoms with Gasteiger partial charge in [0.05, 0.1) is 0 Å². The Morgan fingerprint density at radius 3 is 1.82 bits per heavy atom. The average Bonchev–Trinajstić information content (AvgIpc) is 2.72. The van der Waals surface area contributed by atoms with E-state index in [-0.39, 0.29) is 5.41 Å². The van der Waals surface area contributed by atoms with E-state index in [1.807, 2.05) is 0 Å². The molecule has 0 saturated carbocycles. The third-order valence-corrected chi connectivity index (χ3v) is 5.83. The first kappa shape index (κ1) is 17.0. The van der Waals surface area contributed by atoms with Crippen LogP contribution in [0, 0.1) is 0 Å². The summed E-state index contributed by atoms with van der Waals surface area (Å²) in [5, 5.41) is 7.89.